The van der Waals surface area contributed by atoms with Crippen molar-refractivity contribution in [1.82, 2.24) is 15.1 Å². The second-order valence-corrected chi connectivity index (χ2v) is 6.50. The van der Waals surface area contributed by atoms with E-state index < -0.39 is 0 Å². The van der Waals surface area contributed by atoms with E-state index in [9.17, 15) is 4.79 Å². The minimum Gasteiger partial charge on any atom is -0.493 e. The Kier molecular flexibility index (Phi) is 6.56. The van der Waals surface area contributed by atoms with Crippen LogP contribution in [0.5, 0.6) is 17.2 Å². The first-order valence-corrected chi connectivity index (χ1v) is 9.05. The van der Waals surface area contributed by atoms with Crippen molar-refractivity contribution in [3.63, 3.8) is 0 Å². The van der Waals surface area contributed by atoms with E-state index in [1.807, 2.05) is 0 Å². The SMILES string of the molecule is COc1ccc(-c2nnc(CN(C)C(=O)COc3ccc(Cl)cc3)o2)cc1OC. The van der Waals surface area contributed by atoms with E-state index in [0.29, 0.717) is 39.6 Å². The molecule has 0 bridgehead atoms. The number of amides is 1. The van der Waals surface area contributed by atoms with Gasteiger partial charge in [-0.25, -0.2) is 0 Å². The molecule has 0 aliphatic rings. The lowest BCUT2D eigenvalue weighted by Gasteiger charge is -2.15. The number of rotatable bonds is 8. The molecule has 0 aliphatic carbocycles. The molecule has 0 spiro atoms. The van der Waals surface area contributed by atoms with E-state index in [4.69, 9.17) is 30.2 Å². The Hall–Kier alpha value is -3.26. The molecule has 0 saturated heterocycles. The third-order valence-electron chi connectivity index (χ3n) is 4.07. The number of nitrogens with zero attached hydrogens (tertiary/aromatic N) is 3. The number of aromatic nitrogens is 2. The van der Waals surface area contributed by atoms with E-state index in [2.05, 4.69) is 10.2 Å². The summed E-state index contributed by atoms with van der Waals surface area (Å²) in [5, 5.41) is 8.64. The largest absolute Gasteiger partial charge is 0.493 e. The standard InChI is InChI=1S/C20H20ClN3O5/c1-24(19(25)12-28-15-7-5-14(21)6-8-15)11-18-22-23-20(29-18)13-4-9-16(26-2)17(10-13)27-3/h4-10H,11-12H2,1-3H3. The summed E-state index contributed by atoms with van der Waals surface area (Å²) in [4.78, 5) is 13.7. The van der Waals surface area contributed by atoms with Gasteiger partial charge in [-0.2, -0.15) is 0 Å². The lowest BCUT2D eigenvalue weighted by Crippen LogP contribution is -2.31. The van der Waals surface area contributed by atoms with Gasteiger partial charge >= 0.3 is 0 Å². The molecule has 0 unspecified atom stereocenters. The second-order valence-electron chi connectivity index (χ2n) is 6.06. The van der Waals surface area contributed by atoms with E-state index in [1.165, 1.54) is 4.90 Å². The van der Waals surface area contributed by atoms with Crippen LogP contribution in [0.2, 0.25) is 5.02 Å². The van der Waals surface area contributed by atoms with Gasteiger partial charge in [0.1, 0.15) is 5.75 Å². The zero-order valence-corrected chi connectivity index (χ0v) is 17.0. The van der Waals surface area contributed by atoms with Gasteiger partial charge in [-0.05, 0) is 42.5 Å². The number of ether oxygens (including phenoxy) is 3. The van der Waals surface area contributed by atoms with Crippen molar-refractivity contribution in [3.8, 4) is 28.7 Å². The summed E-state index contributed by atoms with van der Waals surface area (Å²) in [6, 6.07) is 12.1. The van der Waals surface area contributed by atoms with Gasteiger partial charge < -0.3 is 23.5 Å². The molecular weight excluding hydrogens is 398 g/mol. The zero-order chi connectivity index (χ0) is 20.8. The van der Waals surface area contributed by atoms with Crippen molar-refractivity contribution in [1.29, 1.82) is 0 Å². The highest BCUT2D eigenvalue weighted by molar-refractivity contribution is 6.30. The highest BCUT2D eigenvalue weighted by Crippen LogP contribution is 2.31. The zero-order valence-electron chi connectivity index (χ0n) is 16.2. The topological polar surface area (TPSA) is 86.9 Å². The number of carbonyl (C=O) groups excluding carboxylic acids is 1. The van der Waals surface area contributed by atoms with Gasteiger partial charge in [-0.1, -0.05) is 11.6 Å². The number of likely N-dealkylation sites (N-methyl/N-ethyl adjacent to an activating group) is 1. The molecule has 29 heavy (non-hydrogen) atoms. The number of methoxy groups -OCH3 is 2. The van der Waals surface area contributed by atoms with Gasteiger partial charge in [0.15, 0.2) is 18.1 Å². The molecule has 0 atom stereocenters. The molecule has 1 aromatic heterocycles. The van der Waals surface area contributed by atoms with Crippen LogP contribution in [0.25, 0.3) is 11.5 Å². The normalized spacial score (nSPS) is 10.5. The van der Waals surface area contributed by atoms with Gasteiger partial charge in [-0.15, -0.1) is 10.2 Å². The Morgan fingerprint density at radius 1 is 1.07 bits per heavy atom. The summed E-state index contributed by atoms with van der Waals surface area (Å²) in [5.41, 5.74) is 0.682. The summed E-state index contributed by atoms with van der Waals surface area (Å²) >= 11 is 5.83. The summed E-state index contributed by atoms with van der Waals surface area (Å²) in [7, 11) is 4.74. The Balaban J connectivity index is 1.60. The molecule has 0 N–H and O–H groups in total. The predicted octanol–water partition coefficient (Wildman–Crippen LogP) is 3.44. The fraction of sp³-hybridized carbons (Fsp3) is 0.250. The third-order valence-corrected chi connectivity index (χ3v) is 4.32. The number of benzene rings is 2. The van der Waals surface area contributed by atoms with E-state index >= 15 is 0 Å². The fourth-order valence-electron chi connectivity index (χ4n) is 2.48. The van der Waals surface area contributed by atoms with Gasteiger partial charge in [0, 0.05) is 17.6 Å². The van der Waals surface area contributed by atoms with Crippen LogP contribution in [0.15, 0.2) is 46.9 Å². The van der Waals surface area contributed by atoms with Crippen molar-refractivity contribution < 1.29 is 23.4 Å². The first-order chi connectivity index (χ1) is 14.0. The van der Waals surface area contributed by atoms with Crippen molar-refractivity contribution in [2.45, 2.75) is 6.54 Å². The van der Waals surface area contributed by atoms with Crippen LogP contribution in [-0.2, 0) is 11.3 Å². The number of hydrogen-bond donors (Lipinski definition) is 0. The maximum atomic E-state index is 12.3. The van der Waals surface area contributed by atoms with E-state index in [0.717, 1.165) is 0 Å². The predicted molar refractivity (Wildman–Crippen MR) is 106 cm³/mol. The Morgan fingerprint density at radius 2 is 1.79 bits per heavy atom. The maximum Gasteiger partial charge on any atom is 0.260 e. The molecule has 0 fully saturated rings. The highest BCUT2D eigenvalue weighted by atomic mass is 35.5. The molecule has 152 valence electrons. The Labute approximate surface area is 173 Å². The summed E-state index contributed by atoms with van der Waals surface area (Å²) in [6.45, 7) is 0.0396. The molecular formula is C20H20ClN3O5. The first-order valence-electron chi connectivity index (χ1n) is 8.67. The molecule has 3 rings (SSSR count). The molecule has 3 aromatic rings. The van der Waals surface area contributed by atoms with Crippen LogP contribution in [0.3, 0.4) is 0 Å². The number of halogens is 1. The van der Waals surface area contributed by atoms with Crippen molar-refractivity contribution in [3.05, 3.63) is 53.4 Å². The molecule has 0 saturated carbocycles. The van der Waals surface area contributed by atoms with E-state index in [1.54, 1.807) is 63.7 Å². The van der Waals surface area contributed by atoms with Crippen LogP contribution in [0.4, 0.5) is 0 Å². The lowest BCUT2D eigenvalue weighted by molar-refractivity contribution is -0.132. The van der Waals surface area contributed by atoms with Gasteiger partial charge in [0.05, 0.1) is 20.8 Å². The molecule has 0 radical (unpaired) electrons. The minimum absolute atomic E-state index is 0.116. The summed E-state index contributed by atoms with van der Waals surface area (Å²) in [5.74, 6) is 2.10. The number of hydrogen-bond acceptors (Lipinski definition) is 7. The fourth-order valence-corrected chi connectivity index (χ4v) is 2.61. The highest BCUT2D eigenvalue weighted by Gasteiger charge is 2.16. The molecule has 1 amide bonds. The minimum atomic E-state index is -0.231. The first kappa shape index (κ1) is 20.5. The van der Waals surface area contributed by atoms with Crippen LogP contribution >= 0.6 is 11.6 Å². The maximum absolute atomic E-state index is 12.3. The van der Waals surface area contributed by atoms with Crippen molar-refractivity contribution >= 4 is 17.5 Å². The lowest BCUT2D eigenvalue weighted by atomic mass is 10.2. The second kappa shape index (κ2) is 9.29. The molecule has 1 heterocycles. The van der Waals surface area contributed by atoms with Crippen LogP contribution in [0, 0.1) is 0 Å². The number of carbonyl (C=O) groups is 1. The molecule has 0 aliphatic heterocycles. The monoisotopic (exact) mass is 417 g/mol. The molecule has 2 aromatic carbocycles. The van der Waals surface area contributed by atoms with Gasteiger partial charge in [0.25, 0.3) is 5.91 Å². The van der Waals surface area contributed by atoms with Crippen LogP contribution in [-0.4, -0.2) is 48.9 Å². The summed E-state index contributed by atoms with van der Waals surface area (Å²) in [6.07, 6.45) is 0. The Morgan fingerprint density at radius 3 is 2.48 bits per heavy atom. The molecule has 8 nitrogen and oxygen atoms in total. The summed E-state index contributed by atoms with van der Waals surface area (Å²) < 4.78 is 21.6. The quantitative estimate of drug-likeness (QED) is 0.554. The van der Waals surface area contributed by atoms with Crippen LogP contribution in [0.1, 0.15) is 5.89 Å². The molecule has 9 heteroatoms. The van der Waals surface area contributed by atoms with Crippen LogP contribution < -0.4 is 14.2 Å². The Bertz CT molecular complexity index is 975. The third kappa shape index (κ3) is 5.17. The van der Waals surface area contributed by atoms with Crippen molar-refractivity contribution in [2.75, 3.05) is 27.9 Å². The van der Waals surface area contributed by atoms with Gasteiger partial charge in [0.2, 0.25) is 11.8 Å². The van der Waals surface area contributed by atoms with Crippen molar-refractivity contribution in [2.24, 2.45) is 0 Å². The van der Waals surface area contributed by atoms with E-state index in [-0.39, 0.29) is 19.1 Å². The average Bonchev–Trinajstić information content (AvgIpc) is 3.21. The van der Waals surface area contributed by atoms with Gasteiger partial charge in [-0.3, -0.25) is 4.79 Å². The average molecular weight is 418 g/mol. The smallest absolute Gasteiger partial charge is 0.260 e.